The Morgan fingerprint density at radius 3 is 1.56 bits per heavy atom. The van der Waals surface area contributed by atoms with E-state index in [2.05, 4.69) is 112 Å². The van der Waals surface area contributed by atoms with E-state index in [1.54, 1.807) is 0 Å². The number of hydrogen-bond donors (Lipinski definition) is 0. The Morgan fingerprint density at radius 1 is 0.630 bits per heavy atom. The molecule has 0 heterocycles. The van der Waals surface area contributed by atoms with E-state index in [0.29, 0.717) is 5.92 Å². The lowest BCUT2D eigenvalue weighted by atomic mass is 9.78. The lowest BCUT2D eigenvalue weighted by molar-refractivity contribution is 0.565. The second kappa shape index (κ2) is 7.46. The Hall–Kier alpha value is -1.56. The third-order valence-electron chi connectivity index (χ3n) is 5.59. The second-order valence-corrected chi connectivity index (χ2v) is 11.4. The summed E-state index contributed by atoms with van der Waals surface area (Å²) in [6.45, 7) is 23.1. The summed E-state index contributed by atoms with van der Waals surface area (Å²) in [7, 11) is 0. The third-order valence-corrected chi connectivity index (χ3v) is 5.59. The lowest BCUT2D eigenvalue weighted by Gasteiger charge is -2.27. The van der Waals surface area contributed by atoms with E-state index < -0.39 is 0 Å². The molecule has 2 rings (SSSR count). The summed E-state index contributed by atoms with van der Waals surface area (Å²) in [5.41, 5.74) is 7.76. The van der Waals surface area contributed by atoms with Crippen LogP contribution >= 0.6 is 0 Å². The molecule has 0 radical (unpaired) electrons. The van der Waals surface area contributed by atoms with Crippen LogP contribution < -0.4 is 0 Å². The van der Waals surface area contributed by atoms with Gasteiger partial charge in [0.2, 0.25) is 0 Å². The second-order valence-electron chi connectivity index (χ2n) is 11.4. The van der Waals surface area contributed by atoms with E-state index in [0.717, 1.165) is 6.42 Å². The molecule has 0 aromatic heterocycles. The minimum Gasteiger partial charge on any atom is -0.0617 e. The topological polar surface area (TPSA) is 0 Å². The first-order valence-corrected chi connectivity index (χ1v) is 10.4. The van der Waals surface area contributed by atoms with Crippen LogP contribution in [0.4, 0.5) is 0 Å². The zero-order chi connectivity index (χ0) is 20.6. The van der Waals surface area contributed by atoms with Gasteiger partial charge in [0.15, 0.2) is 0 Å². The van der Waals surface area contributed by atoms with Crippen molar-refractivity contribution in [1.29, 1.82) is 0 Å². The third kappa shape index (κ3) is 5.71. The quantitative estimate of drug-likeness (QED) is 0.518. The summed E-state index contributed by atoms with van der Waals surface area (Å²) in [5.74, 6) is 0.510. The van der Waals surface area contributed by atoms with Gasteiger partial charge in [-0.2, -0.15) is 0 Å². The summed E-state index contributed by atoms with van der Waals surface area (Å²) < 4.78 is 0. The van der Waals surface area contributed by atoms with Gasteiger partial charge in [0.05, 0.1) is 0 Å². The van der Waals surface area contributed by atoms with Crippen LogP contribution in [-0.2, 0) is 22.7 Å². The van der Waals surface area contributed by atoms with E-state index in [1.807, 2.05) is 0 Å². The van der Waals surface area contributed by atoms with Crippen LogP contribution in [-0.4, -0.2) is 0 Å². The maximum Gasteiger partial charge on any atom is -0.0132 e. The van der Waals surface area contributed by atoms with Crippen LogP contribution in [0.15, 0.2) is 42.5 Å². The summed E-state index contributed by atoms with van der Waals surface area (Å²) in [5, 5.41) is 0. The minimum absolute atomic E-state index is 0.172. The molecule has 2 aromatic carbocycles. The van der Waals surface area contributed by atoms with Crippen LogP contribution in [0.2, 0.25) is 0 Å². The monoisotopic (exact) mass is 364 g/mol. The number of rotatable bonds is 3. The van der Waals surface area contributed by atoms with Crippen LogP contribution in [0.1, 0.15) is 103 Å². The summed E-state index contributed by atoms with van der Waals surface area (Å²) >= 11 is 0. The van der Waals surface area contributed by atoms with Crippen molar-refractivity contribution in [3.05, 3.63) is 70.3 Å². The molecule has 0 bridgehead atoms. The van der Waals surface area contributed by atoms with Crippen molar-refractivity contribution in [3.63, 3.8) is 0 Å². The smallest absolute Gasteiger partial charge is 0.0132 e. The van der Waals surface area contributed by atoms with Gasteiger partial charge in [-0.05, 0) is 56.4 Å². The summed E-state index contributed by atoms with van der Waals surface area (Å²) in [4.78, 5) is 0. The van der Waals surface area contributed by atoms with Gasteiger partial charge in [-0.15, -0.1) is 0 Å². The zero-order valence-electron chi connectivity index (χ0n) is 19.3. The van der Waals surface area contributed by atoms with Gasteiger partial charge in [0, 0.05) is 0 Å². The van der Waals surface area contributed by atoms with Gasteiger partial charge in [-0.25, -0.2) is 0 Å². The average molecular weight is 365 g/mol. The SMILES string of the molecule is CC(Cc1cc(C(C)(C)C)cc(C(C)(C)C)c1)c1cccc(C(C)(C)C)c1. The maximum atomic E-state index is 2.43. The van der Waals surface area contributed by atoms with Gasteiger partial charge in [-0.3, -0.25) is 0 Å². The molecule has 0 heteroatoms. The number of benzene rings is 2. The Labute approximate surface area is 168 Å². The predicted octanol–water partition coefficient (Wildman–Crippen LogP) is 7.93. The van der Waals surface area contributed by atoms with Crippen LogP contribution in [0, 0.1) is 0 Å². The van der Waals surface area contributed by atoms with Crippen molar-refractivity contribution in [2.24, 2.45) is 0 Å². The molecular formula is C27H40. The van der Waals surface area contributed by atoms with Crippen molar-refractivity contribution < 1.29 is 0 Å². The molecule has 0 saturated heterocycles. The summed E-state index contributed by atoms with van der Waals surface area (Å²) in [6, 6.07) is 16.4. The first kappa shape index (κ1) is 21.7. The average Bonchev–Trinajstić information content (AvgIpc) is 2.52. The molecule has 0 nitrogen and oxygen atoms in total. The highest BCUT2D eigenvalue weighted by Gasteiger charge is 2.21. The van der Waals surface area contributed by atoms with Crippen molar-refractivity contribution in [2.75, 3.05) is 0 Å². The molecule has 0 aliphatic heterocycles. The van der Waals surface area contributed by atoms with Gasteiger partial charge < -0.3 is 0 Å². The van der Waals surface area contributed by atoms with E-state index >= 15 is 0 Å². The van der Waals surface area contributed by atoms with Gasteiger partial charge in [0.25, 0.3) is 0 Å². The van der Waals surface area contributed by atoms with E-state index in [9.17, 15) is 0 Å². The molecule has 0 amide bonds. The van der Waals surface area contributed by atoms with Crippen molar-refractivity contribution in [3.8, 4) is 0 Å². The molecule has 0 aliphatic carbocycles. The zero-order valence-corrected chi connectivity index (χ0v) is 19.3. The fourth-order valence-electron chi connectivity index (χ4n) is 3.46. The highest BCUT2D eigenvalue weighted by molar-refractivity contribution is 5.39. The van der Waals surface area contributed by atoms with E-state index in [1.165, 1.54) is 27.8 Å². The first-order valence-electron chi connectivity index (χ1n) is 10.4. The molecule has 0 aliphatic rings. The summed E-state index contributed by atoms with van der Waals surface area (Å²) in [6.07, 6.45) is 1.08. The molecule has 148 valence electrons. The highest BCUT2D eigenvalue weighted by Crippen LogP contribution is 2.33. The minimum atomic E-state index is 0.172. The normalized spacial score (nSPS) is 14.3. The molecule has 2 aromatic rings. The molecule has 0 fully saturated rings. The van der Waals surface area contributed by atoms with Crippen molar-refractivity contribution in [2.45, 2.75) is 97.8 Å². The highest BCUT2D eigenvalue weighted by atomic mass is 14.3. The Bertz CT molecular complexity index is 741. The predicted molar refractivity (Wildman–Crippen MR) is 121 cm³/mol. The molecule has 0 saturated carbocycles. The number of hydrogen-bond acceptors (Lipinski definition) is 0. The van der Waals surface area contributed by atoms with Gasteiger partial charge in [0.1, 0.15) is 0 Å². The van der Waals surface area contributed by atoms with Gasteiger partial charge >= 0.3 is 0 Å². The Balaban J connectivity index is 2.39. The fraction of sp³-hybridized carbons (Fsp3) is 0.556. The molecule has 0 N–H and O–H groups in total. The van der Waals surface area contributed by atoms with Crippen LogP contribution in [0.3, 0.4) is 0 Å². The van der Waals surface area contributed by atoms with Crippen molar-refractivity contribution >= 4 is 0 Å². The van der Waals surface area contributed by atoms with Crippen LogP contribution in [0.5, 0.6) is 0 Å². The molecule has 0 spiro atoms. The fourth-order valence-corrected chi connectivity index (χ4v) is 3.46. The standard InChI is InChI=1S/C27H40/c1-19(21-12-11-13-22(17-21)25(2,3)4)14-20-15-23(26(5,6)7)18-24(16-20)27(8,9)10/h11-13,15-19H,14H2,1-10H3. The molecule has 1 atom stereocenters. The molecule has 1 unspecified atom stereocenters. The largest absolute Gasteiger partial charge is 0.0617 e. The van der Waals surface area contributed by atoms with E-state index in [-0.39, 0.29) is 16.2 Å². The Morgan fingerprint density at radius 2 is 1.11 bits per heavy atom. The molecule has 27 heavy (non-hydrogen) atoms. The van der Waals surface area contributed by atoms with Gasteiger partial charge in [-0.1, -0.05) is 112 Å². The van der Waals surface area contributed by atoms with Crippen LogP contribution in [0.25, 0.3) is 0 Å². The lowest BCUT2D eigenvalue weighted by Crippen LogP contribution is -2.17. The van der Waals surface area contributed by atoms with Crippen molar-refractivity contribution in [1.82, 2.24) is 0 Å². The molecular weight excluding hydrogens is 324 g/mol. The Kier molecular flexibility index (Phi) is 6.00. The first-order chi connectivity index (χ1) is 12.2. The van der Waals surface area contributed by atoms with E-state index in [4.69, 9.17) is 0 Å². The maximum absolute atomic E-state index is 2.43.